The lowest BCUT2D eigenvalue weighted by Crippen LogP contribution is -2.42. The fourth-order valence-corrected chi connectivity index (χ4v) is 2.56. The molecule has 0 aromatic heterocycles. The molecule has 1 unspecified atom stereocenters. The lowest BCUT2D eigenvalue weighted by atomic mass is 9.99. The summed E-state index contributed by atoms with van der Waals surface area (Å²) in [5.74, 6) is -0.973. The fourth-order valence-electron chi connectivity index (χ4n) is 2.56. The number of carbonyl (C=O) groups is 1. The second kappa shape index (κ2) is 6.37. The van der Waals surface area contributed by atoms with Crippen molar-refractivity contribution in [1.29, 1.82) is 0 Å². The number of anilines is 1. The highest BCUT2D eigenvalue weighted by Gasteiger charge is 2.37. The number of rotatable bonds is 5. The number of unbranched alkanes of at least 4 members (excludes halogenated alkanes) is 1. The summed E-state index contributed by atoms with van der Waals surface area (Å²) < 4.78 is 38.0. The molecule has 0 saturated heterocycles. The van der Waals surface area contributed by atoms with Crippen LogP contribution >= 0.6 is 0 Å². The van der Waals surface area contributed by atoms with E-state index in [0.717, 1.165) is 22.6 Å². The largest absolute Gasteiger partial charge is 0.406 e. The Morgan fingerprint density at radius 3 is 2.76 bits per heavy atom. The van der Waals surface area contributed by atoms with Crippen LogP contribution in [-0.4, -0.2) is 36.6 Å². The molecule has 1 aliphatic rings. The second-order valence-corrected chi connectivity index (χ2v) is 5.25. The molecule has 1 N–H and O–H groups in total. The molecule has 2 rings (SSSR count). The van der Waals surface area contributed by atoms with Crippen LogP contribution in [0.25, 0.3) is 0 Å². The Hall–Kier alpha value is -1.72. The summed E-state index contributed by atoms with van der Waals surface area (Å²) in [4.78, 5) is 13.4. The van der Waals surface area contributed by atoms with Crippen LogP contribution < -0.4 is 5.32 Å². The van der Waals surface area contributed by atoms with Gasteiger partial charge in [0.15, 0.2) is 0 Å². The number of hydrogen-bond donors (Lipinski definition) is 1. The van der Waals surface area contributed by atoms with E-state index >= 15 is 0 Å². The Bertz CT molecular complexity index is 502. The minimum absolute atomic E-state index is 0.146. The lowest BCUT2D eigenvalue weighted by Gasteiger charge is -2.26. The average Bonchev–Trinajstić information content (AvgIpc) is 2.85. The van der Waals surface area contributed by atoms with Gasteiger partial charge in [-0.25, -0.2) is 0 Å². The SMILES string of the molecule is CCCCN(CC(F)(F)F)C(=O)C1CNc2ccccc21. The van der Waals surface area contributed by atoms with Gasteiger partial charge >= 0.3 is 6.18 Å². The van der Waals surface area contributed by atoms with E-state index in [2.05, 4.69) is 5.32 Å². The molecule has 21 heavy (non-hydrogen) atoms. The molecule has 1 aromatic rings. The zero-order valence-electron chi connectivity index (χ0n) is 11.9. The molecular weight excluding hydrogens is 281 g/mol. The van der Waals surface area contributed by atoms with Crippen LogP contribution in [0.2, 0.25) is 0 Å². The molecule has 0 bridgehead atoms. The Morgan fingerprint density at radius 1 is 1.38 bits per heavy atom. The highest BCUT2D eigenvalue weighted by Crippen LogP contribution is 2.33. The number of alkyl halides is 3. The van der Waals surface area contributed by atoms with Gasteiger partial charge in [0, 0.05) is 18.8 Å². The van der Waals surface area contributed by atoms with E-state index in [1.807, 2.05) is 19.1 Å². The van der Waals surface area contributed by atoms with Crippen molar-refractivity contribution in [3.63, 3.8) is 0 Å². The maximum Gasteiger partial charge on any atom is 0.406 e. The molecule has 116 valence electrons. The van der Waals surface area contributed by atoms with Crippen molar-refractivity contribution in [1.82, 2.24) is 4.90 Å². The quantitative estimate of drug-likeness (QED) is 0.904. The third-order valence-corrected chi connectivity index (χ3v) is 3.59. The molecule has 0 fully saturated rings. The highest BCUT2D eigenvalue weighted by molar-refractivity contribution is 5.88. The standard InChI is InChI=1S/C15H19F3N2O/c1-2-3-8-20(10-15(16,17)18)14(21)12-9-19-13-7-5-4-6-11(12)13/h4-7,12,19H,2-3,8-10H2,1H3. The molecule has 0 spiro atoms. The maximum atomic E-state index is 12.7. The van der Waals surface area contributed by atoms with Crippen molar-refractivity contribution in [2.75, 3.05) is 25.0 Å². The van der Waals surface area contributed by atoms with Crippen molar-refractivity contribution in [2.45, 2.75) is 31.9 Å². The molecule has 0 saturated carbocycles. The third kappa shape index (κ3) is 3.89. The van der Waals surface area contributed by atoms with Crippen molar-refractivity contribution < 1.29 is 18.0 Å². The van der Waals surface area contributed by atoms with E-state index in [9.17, 15) is 18.0 Å². The van der Waals surface area contributed by atoms with Gasteiger partial charge in [0.25, 0.3) is 0 Å². The Balaban J connectivity index is 2.15. The van der Waals surface area contributed by atoms with Crippen LogP contribution in [0.5, 0.6) is 0 Å². The summed E-state index contributed by atoms with van der Waals surface area (Å²) in [5.41, 5.74) is 1.62. The Kier molecular flexibility index (Phi) is 4.75. The van der Waals surface area contributed by atoms with E-state index in [1.165, 1.54) is 0 Å². The van der Waals surface area contributed by atoms with E-state index < -0.39 is 24.5 Å². The van der Waals surface area contributed by atoms with E-state index in [4.69, 9.17) is 0 Å². The predicted molar refractivity (Wildman–Crippen MR) is 75.2 cm³/mol. The first-order valence-corrected chi connectivity index (χ1v) is 7.10. The summed E-state index contributed by atoms with van der Waals surface area (Å²) in [7, 11) is 0. The van der Waals surface area contributed by atoms with Crippen LogP contribution in [0.1, 0.15) is 31.2 Å². The topological polar surface area (TPSA) is 32.3 Å². The highest BCUT2D eigenvalue weighted by atomic mass is 19.4. The third-order valence-electron chi connectivity index (χ3n) is 3.59. The summed E-state index contributed by atoms with van der Waals surface area (Å²) in [6.07, 6.45) is -3.04. The zero-order chi connectivity index (χ0) is 15.5. The molecule has 0 aliphatic carbocycles. The van der Waals surface area contributed by atoms with Crippen molar-refractivity contribution >= 4 is 11.6 Å². The lowest BCUT2D eigenvalue weighted by molar-refractivity contribution is -0.162. The number of nitrogens with zero attached hydrogens (tertiary/aromatic N) is 1. The maximum absolute atomic E-state index is 12.7. The number of amides is 1. The van der Waals surface area contributed by atoms with E-state index in [-0.39, 0.29) is 6.54 Å². The van der Waals surface area contributed by atoms with Gasteiger partial charge in [0.2, 0.25) is 5.91 Å². The average molecular weight is 300 g/mol. The number of fused-ring (bicyclic) bond motifs is 1. The first-order chi connectivity index (χ1) is 9.92. The zero-order valence-corrected chi connectivity index (χ0v) is 11.9. The van der Waals surface area contributed by atoms with Crippen LogP contribution in [0, 0.1) is 0 Å². The van der Waals surface area contributed by atoms with Crippen molar-refractivity contribution in [3.8, 4) is 0 Å². The summed E-state index contributed by atoms with van der Waals surface area (Å²) >= 11 is 0. The molecule has 0 radical (unpaired) electrons. The van der Waals surface area contributed by atoms with Crippen LogP contribution in [-0.2, 0) is 4.79 Å². The first kappa shape index (κ1) is 15.7. The molecule has 1 aliphatic heterocycles. The molecule has 1 heterocycles. The number of halogens is 3. The number of para-hydroxylation sites is 1. The molecule has 6 heteroatoms. The van der Waals surface area contributed by atoms with Gasteiger partial charge in [-0.15, -0.1) is 0 Å². The van der Waals surface area contributed by atoms with Crippen LogP contribution in [0.15, 0.2) is 24.3 Å². The molecule has 1 aromatic carbocycles. The number of benzene rings is 1. The summed E-state index contributed by atoms with van der Waals surface area (Å²) in [5, 5.41) is 3.08. The molecule has 1 atom stereocenters. The first-order valence-electron chi connectivity index (χ1n) is 7.10. The van der Waals surface area contributed by atoms with E-state index in [0.29, 0.717) is 13.0 Å². The van der Waals surface area contributed by atoms with Gasteiger partial charge in [-0.2, -0.15) is 13.2 Å². The Labute approximate surface area is 122 Å². The summed E-state index contributed by atoms with van der Waals surface area (Å²) in [6, 6.07) is 7.27. The minimum atomic E-state index is -4.37. The van der Waals surface area contributed by atoms with Gasteiger partial charge in [0.1, 0.15) is 6.54 Å². The van der Waals surface area contributed by atoms with Gasteiger partial charge in [0.05, 0.1) is 5.92 Å². The molecular formula is C15H19F3N2O. The van der Waals surface area contributed by atoms with Crippen molar-refractivity contribution in [3.05, 3.63) is 29.8 Å². The Morgan fingerprint density at radius 2 is 2.10 bits per heavy atom. The van der Waals surface area contributed by atoms with Gasteiger partial charge in [-0.1, -0.05) is 31.5 Å². The van der Waals surface area contributed by atoms with Gasteiger partial charge < -0.3 is 10.2 Å². The molecule has 1 amide bonds. The van der Waals surface area contributed by atoms with Crippen LogP contribution in [0.3, 0.4) is 0 Å². The fraction of sp³-hybridized carbons (Fsp3) is 0.533. The monoisotopic (exact) mass is 300 g/mol. The van der Waals surface area contributed by atoms with Gasteiger partial charge in [-0.05, 0) is 18.1 Å². The molecule has 3 nitrogen and oxygen atoms in total. The number of hydrogen-bond acceptors (Lipinski definition) is 2. The number of carbonyl (C=O) groups excluding carboxylic acids is 1. The predicted octanol–water partition coefficient (Wildman–Crippen LogP) is 3.39. The normalized spacial score (nSPS) is 17.2. The second-order valence-electron chi connectivity index (χ2n) is 5.25. The minimum Gasteiger partial charge on any atom is -0.384 e. The number of nitrogens with one attached hydrogen (secondary N) is 1. The smallest absolute Gasteiger partial charge is 0.384 e. The van der Waals surface area contributed by atoms with Crippen molar-refractivity contribution in [2.24, 2.45) is 0 Å². The van der Waals surface area contributed by atoms with Crippen LogP contribution in [0.4, 0.5) is 18.9 Å². The van der Waals surface area contributed by atoms with E-state index in [1.54, 1.807) is 12.1 Å². The summed E-state index contributed by atoms with van der Waals surface area (Å²) in [6.45, 7) is 1.22. The van der Waals surface area contributed by atoms with Gasteiger partial charge in [-0.3, -0.25) is 4.79 Å².